The van der Waals surface area contributed by atoms with Crippen LogP contribution in [0.2, 0.25) is 0 Å². The van der Waals surface area contributed by atoms with Gasteiger partial charge in [0.2, 0.25) is 6.79 Å². The van der Waals surface area contributed by atoms with Crippen LogP contribution in [0.5, 0.6) is 23.0 Å². The van der Waals surface area contributed by atoms with Crippen LogP contribution in [0.25, 0.3) is 21.8 Å². The van der Waals surface area contributed by atoms with E-state index < -0.39 is 0 Å². The Bertz CT molecular complexity index is 1040. The molecule has 5 rings (SSSR count). The molecule has 2 aromatic carbocycles. The zero-order valence-corrected chi connectivity index (χ0v) is 12.5. The molecule has 0 amide bonds. The summed E-state index contributed by atoms with van der Waals surface area (Å²) < 4.78 is 12.6. The van der Waals surface area contributed by atoms with Crippen molar-refractivity contribution in [3.8, 4) is 23.0 Å². The van der Waals surface area contributed by atoms with Gasteiger partial charge in [-0.05, 0) is 17.7 Å². The fourth-order valence-corrected chi connectivity index (χ4v) is 3.14. The van der Waals surface area contributed by atoms with Crippen molar-refractivity contribution in [2.45, 2.75) is 6.54 Å². The van der Waals surface area contributed by atoms with Crippen LogP contribution in [0.3, 0.4) is 0 Å². The second kappa shape index (κ2) is 4.58. The predicted octanol–water partition coefficient (Wildman–Crippen LogP) is 2.71. The number of imidazole rings is 1. The molecule has 1 aliphatic heterocycles. The molecule has 4 aromatic rings. The van der Waals surface area contributed by atoms with Crippen molar-refractivity contribution in [1.82, 2.24) is 14.5 Å². The lowest BCUT2D eigenvalue weighted by molar-refractivity contribution is 0.174. The second-order valence-electron chi connectivity index (χ2n) is 5.77. The number of fused-ring (bicyclic) bond motifs is 3. The third kappa shape index (κ3) is 1.75. The van der Waals surface area contributed by atoms with E-state index in [2.05, 4.69) is 9.97 Å². The molecule has 7 nitrogen and oxygen atoms in total. The molecule has 0 atom stereocenters. The van der Waals surface area contributed by atoms with Crippen molar-refractivity contribution in [3.63, 3.8) is 0 Å². The van der Waals surface area contributed by atoms with E-state index in [0.29, 0.717) is 28.4 Å². The van der Waals surface area contributed by atoms with E-state index in [1.54, 1.807) is 12.4 Å². The first-order valence-corrected chi connectivity index (χ1v) is 7.45. The van der Waals surface area contributed by atoms with E-state index >= 15 is 0 Å². The Morgan fingerprint density at radius 3 is 2.75 bits per heavy atom. The first-order chi connectivity index (χ1) is 11.7. The number of aromatic amines is 1. The topological polar surface area (TPSA) is 92.5 Å². The molecule has 0 spiro atoms. The number of rotatable bonds is 2. The Labute approximate surface area is 135 Å². The smallest absolute Gasteiger partial charge is 0.231 e. The largest absolute Gasteiger partial charge is 0.505 e. The number of hydrogen-bond acceptors (Lipinski definition) is 5. The Hall–Kier alpha value is -3.35. The highest BCUT2D eigenvalue weighted by atomic mass is 16.7. The van der Waals surface area contributed by atoms with Crippen LogP contribution in [0.4, 0.5) is 0 Å². The van der Waals surface area contributed by atoms with E-state index in [0.717, 1.165) is 17.1 Å². The number of aromatic hydroxyl groups is 2. The molecule has 3 N–H and O–H groups in total. The van der Waals surface area contributed by atoms with Crippen molar-refractivity contribution >= 4 is 21.8 Å². The number of aromatic nitrogens is 3. The lowest BCUT2D eigenvalue weighted by Crippen LogP contribution is -1.96. The maximum atomic E-state index is 10.4. The van der Waals surface area contributed by atoms with E-state index in [-0.39, 0.29) is 18.3 Å². The van der Waals surface area contributed by atoms with Gasteiger partial charge in [0.15, 0.2) is 23.0 Å². The van der Waals surface area contributed by atoms with Crippen LogP contribution in [0.15, 0.2) is 36.9 Å². The minimum atomic E-state index is 0.0588. The Balaban J connectivity index is 1.60. The quantitative estimate of drug-likeness (QED) is 0.493. The monoisotopic (exact) mass is 323 g/mol. The number of ether oxygens (including phenoxy) is 2. The second-order valence-corrected chi connectivity index (χ2v) is 5.77. The maximum Gasteiger partial charge on any atom is 0.231 e. The molecule has 2 aromatic heterocycles. The Kier molecular flexibility index (Phi) is 2.50. The summed E-state index contributed by atoms with van der Waals surface area (Å²) in [5.41, 5.74) is 1.82. The molecule has 1 aliphatic rings. The minimum absolute atomic E-state index is 0.0588. The third-order valence-corrected chi connectivity index (χ3v) is 4.29. The first kappa shape index (κ1) is 13.1. The molecular weight excluding hydrogens is 310 g/mol. The average Bonchev–Trinajstić information content (AvgIpc) is 3.31. The number of nitrogens with zero attached hydrogens (tertiary/aromatic N) is 2. The van der Waals surface area contributed by atoms with Gasteiger partial charge in [0.1, 0.15) is 11.0 Å². The van der Waals surface area contributed by atoms with Crippen LogP contribution in [-0.4, -0.2) is 31.5 Å². The molecule has 0 fully saturated rings. The van der Waals surface area contributed by atoms with Gasteiger partial charge in [0.05, 0.1) is 6.33 Å². The lowest BCUT2D eigenvalue weighted by atomic mass is 10.1. The fourth-order valence-electron chi connectivity index (χ4n) is 3.14. The number of H-pyrrole nitrogens is 1. The highest BCUT2D eigenvalue weighted by Crippen LogP contribution is 2.40. The summed E-state index contributed by atoms with van der Waals surface area (Å²) in [5, 5.41) is 21.9. The average molecular weight is 323 g/mol. The number of hydrogen-bond donors (Lipinski definition) is 3. The summed E-state index contributed by atoms with van der Waals surface area (Å²) in [6.45, 7) is 0.818. The summed E-state index contributed by atoms with van der Waals surface area (Å²) in [4.78, 5) is 6.90. The van der Waals surface area contributed by atoms with Gasteiger partial charge in [0, 0.05) is 29.7 Å². The summed E-state index contributed by atoms with van der Waals surface area (Å²) in [5.74, 6) is 1.61. The molecular formula is C17H13N3O4. The molecule has 0 aliphatic carbocycles. The molecule has 0 bridgehead atoms. The van der Waals surface area contributed by atoms with Crippen LogP contribution in [0, 0.1) is 0 Å². The third-order valence-electron chi connectivity index (χ3n) is 4.29. The number of phenols is 2. The van der Waals surface area contributed by atoms with Crippen LogP contribution in [0.1, 0.15) is 5.56 Å². The van der Waals surface area contributed by atoms with Gasteiger partial charge in [-0.25, -0.2) is 4.98 Å². The van der Waals surface area contributed by atoms with Crippen LogP contribution < -0.4 is 9.47 Å². The van der Waals surface area contributed by atoms with Gasteiger partial charge in [-0.1, -0.05) is 6.07 Å². The van der Waals surface area contributed by atoms with Crippen molar-refractivity contribution < 1.29 is 19.7 Å². The van der Waals surface area contributed by atoms with Crippen molar-refractivity contribution in [1.29, 1.82) is 0 Å². The number of nitrogens with one attached hydrogen (secondary N) is 1. The molecule has 0 unspecified atom stereocenters. The minimum Gasteiger partial charge on any atom is -0.505 e. The molecule has 24 heavy (non-hydrogen) atoms. The van der Waals surface area contributed by atoms with E-state index in [4.69, 9.17) is 9.47 Å². The zero-order chi connectivity index (χ0) is 16.3. The summed E-state index contributed by atoms with van der Waals surface area (Å²) in [6, 6.07) is 5.77. The van der Waals surface area contributed by atoms with Gasteiger partial charge < -0.3 is 29.2 Å². The standard InChI is InChI=1S/C17H13N3O4/c21-16-10-5-20(4-9-1-2-12-13(3-9)24-8-23-12)6-11(10)17(22)15-14(16)18-7-19-15/h1-3,5-7,21-22H,4,8H2,(H,18,19). The molecule has 3 heterocycles. The highest BCUT2D eigenvalue weighted by molar-refractivity contribution is 6.07. The normalized spacial score (nSPS) is 13.2. The Morgan fingerprint density at radius 1 is 1.08 bits per heavy atom. The number of phenolic OH excluding ortho intramolecular Hbond substituents is 2. The van der Waals surface area contributed by atoms with Crippen LogP contribution in [-0.2, 0) is 6.54 Å². The Morgan fingerprint density at radius 2 is 1.88 bits per heavy atom. The van der Waals surface area contributed by atoms with Crippen molar-refractivity contribution in [2.24, 2.45) is 0 Å². The van der Waals surface area contributed by atoms with Gasteiger partial charge in [0.25, 0.3) is 0 Å². The van der Waals surface area contributed by atoms with Gasteiger partial charge in [-0.15, -0.1) is 0 Å². The predicted molar refractivity (Wildman–Crippen MR) is 86.6 cm³/mol. The molecule has 7 heteroatoms. The van der Waals surface area contributed by atoms with Gasteiger partial charge in [-0.3, -0.25) is 0 Å². The highest BCUT2D eigenvalue weighted by Gasteiger charge is 2.17. The van der Waals surface area contributed by atoms with E-state index in [9.17, 15) is 10.2 Å². The van der Waals surface area contributed by atoms with Crippen LogP contribution >= 0.6 is 0 Å². The summed E-state index contributed by atoms with van der Waals surface area (Å²) >= 11 is 0. The molecule has 0 saturated heterocycles. The SMILES string of the molecule is Oc1c2cn(Cc3ccc4c(c3)OCO4)cc2c(O)c2[nH]cnc12. The number of benzene rings is 2. The zero-order valence-electron chi connectivity index (χ0n) is 12.5. The maximum absolute atomic E-state index is 10.4. The molecule has 0 saturated carbocycles. The fraction of sp³-hybridized carbons (Fsp3) is 0.118. The lowest BCUT2D eigenvalue weighted by Gasteiger charge is -2.04. The first-order valence-electron chi connectivity index (χ1n) is 7.45. The molecule has 0 radical (unpaired) electrons. The van der Waals surface area contributed by atoms with E-state index in [1.165, 1.54) is 6.33 Å². The summed E-state index contributed by atoms with van der Waals surface area (Å²) in [6.07, 6.45) is 5.04. The van der Waals surface area contributed by atoms with Crippen molar-refractivity contribution in [2.75, 3.05) is 6.79 Å². The molecule has 120 valence electrons. The van der Waals surface area contributed by atoms with E-state index in [1.807, 2.05) is 22.8 Å². The van der Waals surface area contributed by atoms with Gasteiger partial charge in [-0.2, -0.15) is 0 Å². The summed E-state index contributed by atoms with van der Waals surface area (Å²) in [7, 11) is 0. The van der Waals surface area contributed by atoms with Crippen molar-refractivity contribution in [3.05, 3.63) is 42.5 Å². The van der Waals surface area contributed by atoms with Gasteiger partial charge >= 0.3 is 0 Å².